The summed E-state index contributed by atoms with van der Waals surface area (Å²) >= 11 is 0. The molecule has 1 amide bonds. The largest absolute Gasteiger partial charge is 0.454 e. The Morgan fingerprint density at radius 3 is 2.11 bits per heavy atom. The summed E-state index contributed by atoms with van der Waals surface area (Å²) < 4.78 is 85.4. The summed E-state index contributed by atoms with van der Waals surface area (Å²) in [5.74, 6) is -7.14. The average molecular weight is 405 g/mol. The van der Waals surface area contributed by atoms with Gasteiger partial charge < -0.3 is 4.74 Å². The van der Waals surface area contributed by atoms with Crippen LogP contribution in [0, 0.1) is 5.82 Å². The van der Waals surface area contributed by atoms with E-state index in [0.29, 0.717) is 6.07 Å². The molecule has 0 saturated heterocycles. The number of ether oxygens (including phenoxy) is 1. The fourth-order valence-corrected chi connectivity index (χ4v) is 2.93. The molecule has 2 N–H and O–H groups in total. The van der Waals surface area contributed by atoms with Gasteiger partial charge in [0, 0.05) is 5.56 Å². The first-order valence-corrected chi connectivity index (χ1v) is 7.99. The van der Waals surface area contributed by atoms with Crippen LogP contribution in [0.25, 0.3) is 0 Å². The van der Waals surface area contributed by atoms with E-state index >= 15 is 0 Å². The van der Waals surface area contributed by atoms with Gasteiger partial charge in [0.05, 0.1) is 5.41 Å². The highest BCUT2D eigenvalue weighted by Crippen LogP contribution is 2.63. The lowest BCUT2D eigenvalue weighted by atomic mass is 9.88. The number of halogens is 6. The van der Waals surface area contributed by atoms with Crippen molar-refractivity contribution < 1.29 is 41.1 Å². The molecule has 1 aliphatic carbocycles. The highest BCUT2D eigenvalue weighted by Gasteiger charge is 2.75. The standard InChI is InChI=1S/C18H13F6NO3/c19-13-9-11(16(7-8-16)17(20,21)18(22,23)24)3-6-14(13)28-12-4-1-10(2-5-12)15(26)25-27/h1-6,9,27H,7-8H2,(H,25,26). The number of alkyl halides is 5. The Bertz CT molecular complexity index is 891. The predicted molar refractivity (Wildman–Crippen MR) is 84.1 cm³/mol. The Hall–Kier alpha value is -2.75. The second kappa shape index (κ2) is 6.69. The van der Waals surface area contributed by atoms with Gasteiger partial charge in [0.25, 0.3) is 5.91 Å². The first-order valence-electron chi connectivity index (χ1n) is 7.99. The van der Waals surface area contributed by atoms with Crippen LogP contribution in [-0.2, 0) is 5.41 Å². The number of carbonyl (C=O) groups is 1. The number of amides is 1. The molecule has 3 rings (SSSR count). The molecule has 0 atom stereocenters. The summed E-state index contributed by atoms with van der Waals surface area (Å²) in [4.78, 5) is 11.2. The van der Waals surface area contributed by atoms with Crippen molar-refractivity contribution in [1.82, 2.24) is 5.48 Å². The monoisotopic (exact) mass is 405 g/mol. The molecule has 0 aliphatic heterocycles. The molecule has 2 aromatic rings. The molecular formula is C18H13F6NO3. The van der Waals surface area contributed by atoms with Crippen LogP contribution in [0.3, 0.4) is 0 Å². The third kappa shape index (κ3) is 3.28. The predicted octanol–water partition coefficient (Wildman–Crippen LogP) is 4.97. The van der Waals surface area contributed by atoms with Gasteiger partial charge >= 0.3 is 12.1 Å². The Morgan fingerprint density at radius 1 is 1.04 bits per heavy atom. The molecule has 0 spiro atoms. The molecule has 0 heterocycles. The number of benzene rings is 2. The second-order valence-electron chi connectivity index (χ2n) is 6.37. The Morgan fingerprint density at radius 2 is 1.64 bits per heavy atom. The van der Waals surface area contributed by atoms with Crippen molar-refractivity contribution in [3.8, 4) is 11.5 Å². The minimum Gasteiger partial charge on any atom is -0.454 e. The fraction of sp³-hybridized carbons (Fsp3) is 0.278. The van der Waals surface area contributed by atoms with Crippen molar-refractivity contribution in [3.05, 3.63) is 59.4 Å². The van der Waals surface area contributed by atoms with Crippen molar-refractivity contribution in [1.29, 1.82) is 0 Å². The molecule has 1 saturated carbocycles. The molecule has 0 radical (unpaired) electrons. The maximum Gasteiger partial charge on any atom is 0.454 e. The van der Waals surface area contributed by atoms with Gasteiger partial charge in [-0.2, -0.15) is 22.0 Å². The lowest BCUT2D eigenvalue weighted by molar-refractivity contribution is -0.296. The molecule has 0 aromatic heterocycles. The number of hydroxylamine groups is 1. The molecule has 10 heteroatoms. The maximum atomic E-state index is 14.3. The summed E-state index contributed by atoms with van der Waals surface area (Å²) in [6, 6.07) is 7.71. The van der Waals surface area contributed by atoms with Gasteiger partial charge in [-0.25, -0.2) is 9.87 Å². The molecule has 150 valence electrons. The third-order valence-corrected chi connectivity index (χ3v) is 4.64. The number of rotatable bonds is 5. The van der Waals surface area contributed by atoms with E-state index in [1.165, 1.54) is 29.7 Å². The number of hydrogen-bond donors (Lipinski definition) is 2. The summed E-state index contributed by atoms with van der Waals surface area (Å²) in [6.45, 7) is 0. The second-order valence-corrected chi connectivity index (χ2v) is 6.37. The van der Waals surface area contributed by atoms with Crippen LogP contribution in [0.5, 0.6) is 11.5 Å². The van der Waals surface area contributed by atoms with Crippen LogP contribution in [0.2, 0.25) is 0 Å². The molecule has 28 heavy (non-hydrogen) atoms. The van der Waals surface area contributed by atoms with E-state index in [1.807, 2.05) is 0 Å². The van der Waals surface area contributed by atoms with E-state index in [2.05, 4.69) is 0 Å². The van der Waals surface area contributed by atoms with Crippen LogP contribution in [0.1, 0.15) is 28.8 Å². The Balaban J connectivity index is 1.83. The minimum atomic E-state index is -5.74. The first kappa shape index (κ1) is 20.0. The van der Waals surface area contributed by atoms with Crippen molar-refractivity contribution in [2.75, 3.05) is 0 Å². The highest BCUT2D eigenvalue weighted by molar-refractivity contribution is 5.93. The molecule has 0 bridgehead atoms. The zero-order chi connectivity index (χ0) is 20.7. The lowest BCUT2D eigenvalue weighted by Crippen LogP contribution is -2.47. The third-order valence-electron chi connectivity index (χ3n) is 4.64. The van der Waals surface area contributed by atoms with Crippen molar-refractivity contribution in [3.63, 3.8) is 0 Å². The van der Waals surface area contributed by atoms with E-state index in [1.54, 1.807) is 0 Å². The summed E-state index contributed by atoms with van der Waals surface area (Å²) in [5, 5.41) is 8.53. The molecular weight excluding hydrogens is 392 g/mol. The van der Waals surface area contributed by atoms with Crippen molar-refractivity contribution in [2.45, 2.75) is 30.4 Å². The Labute approximate surface area is 154 Å². The number of carbonyl (C=O) groups excluding carboxylic acids is 1. The van der Waals surface area contributed by atoms with Crippen molar-refractivity contribution in [2.24, 2.45) is 0 Å². The first-order chi connectivity index (χ1) is 13.0. The van der Waals surface area contributed by atoms with Crippen LogP contribution in [0.15, 0.2) is 42.5 Å². The van der Waals surface area contributed by atoms with Gasteiger partial charge in [0.15, 0.2) is 11.6 Å². The van der Waals surface area contributed by atoms with Gasteiger partial charge in [-0.05, 0) is 54.8 Å². The fourth-order valence-electron chi connectivity index (χ4n) is 2.93. The van der Waals surface area contributed by atoms with E-state index < -0.39 is 47.6 Å². The van der Waals surface area contributed by atoms with Crippen LogP contribution in [0.4, 0.5) is 26.3 Å². The van der Waals surface area contributed by atoms with Gasteiger partial charge in [-0.1, -0.05) is 6.07 Å². The number of nitrogens with one attached hydrogen (secondary N) is 1. The van der Waals surface area contributed by atoms with Crippen molar-refractivity contribution >= 4 is 5.91 Å². The molecule has 1 fully saturated rings. The quantitative estimate of drug-likeness (QED) is 0.420. The maximum absolute atomic E-state index is 14.3. The molecule has 1 aliphatic rings. The zero-order valence-corrected chi connectivity index (χ0v) is 14.0. The SMILES string of the molecule is O=C(NO)c1ccc(Oc2ccc(C3(C(F)(F)C(F)(F)F)CC3)cc2F)cc1. The van der Waals surface area contributed by atoms with Gasteiger partial charge in [0.2, 0.25) is 0 Å². The smallest absolute Gasteiger partial charge is 0.454 e. The molecule has 0 unspecified atom stereocenters. The lowest BCUT2D eigenvalue weighted by Gasteiger charge is -2.29. The topological polar surface area (TPSA) is 58.6 Å². The van der Waals surface area contributed by atoms with Gasteiger partial charge in [0.1, 0.15) is 5.75 Å². The van der Waals surface area contributed by atoms with Crippen LogP contribution >= 0.6 is 0 Å². The summed E-state index contributed by atoms with van der Waals surface area (Å²) in [6.07, 6.45) is -6.56. The van der Waals surface area contributed by atoms with Crippen LogP contribution in [-0.4, -0.2) is 23.2 Å². The zero-order valence-electron chi connectivity index (χ0n) is 14.0. The summed E-state index contributed by atoms with van der Waals surface area (Å²) in [7, 11) is 0. The van der Waals surface area contributed by atoms with E-state index in [4.69, 9.17) is 9.94 Å². The average Bonchev–Trinajstić information content (AvgIpc) is 3.45. The van der Waals surface area contributed by atoms with Gasteiger partial charge in [-0.3, -0.25) is 10.0 Å². The van der Waals surface area contributed by atoms with E-state index in [9.17, 15) is 31.1 Å². The molecule has 2 aromatic carbocycles. The number of hydrogen-bond acceptors (Lipinski definition) is 3. The minimum absolute atomic E-state index is 0.0860. The Kier molecular flexibility index (Phi) is 4.78. The van der Waals surface area contributed by atoms with Gasteiger partial charge in [-0.15, -0.1) is 0 Å². The summed E-state index contributed by atoms with van der Waals surface area (Å²) in [5.41, 5.74) is -1.40. The van der Waals surface area contributed by atoms with Crippen LogP contribution < -0.4 is 10.2 Å². The highest BCUT2D eigenvalue weighted by atomic mass is 19.4. The van der Waals surface area contributed by atoms with E-state index in [-0.39, 0.29) is 17.1 Å². The normalized spacial score (nSPS) is 15.8. The molecule has 4 nitrogen and oxygen atoms in total. The van der Waals surface area contributed by atoms with E-state index in [0.717, 1.165) is 12.1 Å².